The number of halogens is 1. The van der Waals surface area contributed by atoms with Crippen LogP contribution in [0.5, 0.6) is 0 Å². The third-order valence-electron chi connectivity index (χ3n) is 4.01. The predicted octanol–water partition coefficient (Wildman–Crippen LogP) is 3.06. The highest BCUT2D eigenvalue weighted by Crippen LogP contribution is 2.27. The third-order valence-corrected chi connectivity index (χ3v) is 4.82. The zero-order valence-corrected chi connectivity index (χ0v) is 15.0. The third kappa shape index (κ3) is 4.73. The molecule has 1 N–H and O–H groups in total. The molecule has 0 aliphatic carbocycles. The first-order valence-corrected chi connectivity index (χ1v) is 9.37. The summed E-state index contributed by atoms with van der Waals surface area (Å²) in [6, 6.07) is 15.8. The van der Waals surface area contributed by atoms with Crippen molar-refractivity contribution in [3.8, 4) is 0 Å². The van der Waals surface area contributed by atoms with E-state index in [1.807, 2.05) is 35.7 Å². The van der Waals surface area contributed by atoms with E-state index < -0.39 is 0 Å². The molecule has 0 spiro atoms. The van der Waals surface area contributed by atoms with Crippen molar-refractivity contribution in [3.63, 3.8) is 0 Å². The number of benzene rings is 2. The second kappa shape index (κ2) is 8.67. The fourth-order valence-electron chi connectivity index (χ4n) is 2.67. The first-order valence-electron chi connectivity index (χ1n) is 8.32. The maximum atomic E-state index is 12.9. The molecule has 1 heterocycles. The summed E-state index contributed by atoms with van der Waals surface area (Å²) in [5, 5.41) is 4.74. The van der Waals surface area contributed by atoms with Crippen molar-refractivity contribution in [2.24, 2.45) is 0 Å². The molecule has 0 fully saturated rings. The van der Waals surface area contributed by atoms with E-state index in [0.29, 0.717) is 18.7 Å². The van der Waals surface area contributed by atoms with Crippen molar-refractivity contribution in [3.05, 3.63) is 76.9 Å². The number of hydrogen-bond acceptors (Lipinski definition) is 3. The lowest BCUT2D eigenvalue weighted by atomic mass is 10.1. The van der Waals surface area contributed by atoms with Gasteiger partial charge in [0.15, 0.2) is 0 Å². The average Bonchev–Trinajstić information content (AvgIpc) is 2.66. The van der Waals surface area contributed by atoms with Crippen LogP contribution in [-0.2, 0) is 16.0 Å². The molecule has 0 bridgehead atoms. The predicted molar refractivity (Wildman–Crippen MR) is 102 cm³/mol. The smallest absolute Gasteiger partial charge is 0.240 e. The van der Waals surface area contributed by atoms with Crippen molar-refractivity contribution in [1.82, 2.24) is 10.2 Å². The maximum absolute atomic E-state index is 12.9. The van der Waals surface area contributed by atoms with Gasteiger partial charge in [-0.1, -0.05) is 42.5 Å². The van der Waals surface area contributed by atoms with Gasteiger partial charge in [-0.2, -0.15) is 0 Å². The normalized spacial score (nSPS) is 14.1. The van der Waals surface area contributed by atoms with Gasteiger partial charge in [-0.15, -0.1) is 11.8 Å². The van der Waals surface area contributed by atoms with E-state index in [1.165, 1.54) is 28.8 Å². The number of carbonyl (C=O) groups is 2. The maximum Gasteiger partial charge on any atom is 0.240 e. The van der Waals surface area contributed by atoms with Crippen molar-refractivity contribution in [1.29, 1.82) is 0 Å². The van der Waals surface area contributed by atoms with Crippen LogP contribution in [0.1, 0.15) is 11.1 Å². The molecule has 26 heavy (non-hydrogen) atoms. The fraction of sp³-hybridized carbons (Fsp3) is 0.200. The monoisotopic (exact) mass is 370 g/mol. The topological polar surface area (TPSA) is 49.4 Å². The molecular weight excluding hydrogens is 351 g/mol. The van der Waals surface area contributed by atoms with Crippen molar-refractivity contribution >= 4 is 29.3 Å². The lowest BCUT2D eigenvalue weighted by molar-refractivity contribution is -0.131. The molecule has 3 rings (SSSR count). The molecule has 4 nitrogen and oxygen atoms in total. The molecule has 0 unspecified atom stereocenters. The van der Waals surface area contributed by atoms with Crippen LogP contribution in [0.15, 0.2) is 60.0 Å². The minimum Gasteiger partial charge on any atom is -0.354 e. The standard InChI is InChI=1S/C20H19FN2O2S/c21-17-8-6-15(7-9-17)10-11-22-19(24)12-23-18(13-26-14-20(23)25)16-4-2-1-3-5-16/h1-9,13H,10-12,14H2,(H,22,24). The summed E-state index contributed by atoms with van der Waals surface area (Å²) in [7, 11) is 0. The van der Waals surface area contributed by atoms with Crippen LogP contribution in [0.25, 0.3) is 5.70 Å². The Labute approximate surface area is 156 Å². The molecule has 2 aromatic carbocycles. The van der Waals surface area contributed by atoms with Gasteiger partial charge < -0.3 is 10.2 Å². The number of thioether (sulfide) groups is 1. The number of nitrogens with one attached hydrogen (secondary N) is 1. The molecule has 0 aromatic heterocycles. The molecule has 0 saturated heterocycles. The second-order valence-corrected chi connectivity index (χ2v) is 6.74. The van der Waals surface area contributed by atoms with E-state index in [9.17, 15) is 14.0 Å². The molecule has 2 aromatic rings. The number of hydrogen-bond donors (Lipinski definition) is 1. The Morgan fingerprint density at radius 3 is 2.58 bits per heavy atom. The Bertz CT molecular complexity index is 806. The quantitative estimate of drug-likeness (QED) is 0.850. The number of nitrogens with zero attached hydrogens (tertiary/aromatic N) is 1. The molecular formula is C20H19FN2O2S. The fourth-order valence-corrected chi connectivity index (χ4v) is 3.47. The first kappa shape index (κ1) is 18.2. The zero-order valence-electron chi connectivity index (χ0n) is 14.2. The number of carbonyl (C=O) groups excluding carboxylic acids is 2. The molecule has 1 aliphatic heterocycles. The lowest BCUT2D eigenvalue weighted by Crippen LogP contribution is -2.42. The minimum absolute atomic E-state index is 0.0104. The Morgan fingerprint density at radius 1 is 1.12 bits per heavy atom. The Hall–Kier alpha value is -2.60. The zero-order chi connectivity index (χ0) is 18.4. The number of amides is 2. The van der Waals surface area contributed by atoms with Crippen LogP contribution in [0.2, 0.25) is 0 Å². The van der Waals surface area contributed by atoms with E-state index in [4.69, 9.17) is 0 Å². The Balaban J connectivity index is 1.58. The van der Waals surface area contributed by atoms with Gasteiger partial charge in [-0.05, 0) is 35.1 Å². The molecule has 0 radical (unpaired) electrons. The lowest BCUT2D eigenvalue weighted by Gasteiger charge is -2.28. The number of rotatable bonds is 6. The van der Waals surface area contributed by atoms with Gasteiger partial charge in [0, 0.05) is 6.54 Å². The SMILES string of the molecule is O=C(CN1C(=O)CSC=C1c1ccccc1)NCCc1ccc(F)cc1. The highest BCUT2D eigenvalue weighted by atomic mass is 32.2. The van der Waals surface area contributed by atoms with Crippen molar-refractivity contribution in [2.45, 2.75) is 6.42 Å². The van der Waals surface area contributed by atoms with E-state index in [-0.39, 0.29) is 24.2 Å². The first-order chi connectivity index (χ1) is 12.6. The van der Waals surface area contributed by atoms with Crippen LogP contribution in [0.4, 0.5) is 4.39 Å². The van der Waals surface area contributed by atoms with E-state index in [1.54, 1.807) is 12.1 Å². The Kier molecular flexibility index (Phi) is 6.07. The summed E-state index contributed by atoms with van der Waals surface area (Å²) >= 11 is 1.44. The summed E-state index contributed by atoms with van der Waals surface area (Å²) in [5.74, 6) is -0.238. The largest absolute Gasteiger partial charge is 0.354 e. The Morgan fingerprint density at radius 2 is 1.85 bits per heavy atom. The van der Waals surface area contributed by atoms with Crippen LogP contribution in [0, 0.1) is 5.82 Å². The van der Waals surface area contributed by atoms with Crippen LogP contribution in [-0.4, -0.2) is 35.6 Å². The summed E-state index contributed by atoms with van der Waals surface area (Å²) < 4.78 is 12.9. The van der Waals surface area contributed by atoms with Crippen molar-refractivity contribution < 1.29 is 14.0 Å². The second-order valence-electron chi connectivity index (χ2n) is 5.89. The molecule has 0 atom stereocenters. The molecule has 0 saturated carbocycles. The van der Waals surface area contributed by atoms with E-state index in [2.05, 4.69) is 5.32 Å². The van der Waals surface area contributed by atoms with E-state index in [0.717, 1.165) is 16.8 Å². The van der Waals surface area contributed by atoms with Crippen LogP contribution < -0.4 is 5.32 Å². The minimum atomic E-state index is -0.278. The molecule has 6 heteroatoms. The molecule has 2 amide bonds. The highest BCUT2D eigenvalue weighted by Gasteiger charge is 2.25. The summed E-state index contributed by atoms with van der Waals surface area (Å²) in [6.07, 6.45) is 0.608. The van der Waals surface area contributed by atoms with Gasteiger partial charge in [0.05, 0.1) is 11.4 Å². The molecule has 134 valence electrons. The van der Waals surface area contributed by atoms with Crippen molar-refractivity contribution in [2.75, 3.05) is 18.8 Å². The van der Waals surface area contributed by atoms with Crippen LogP contribution in [0.3, 0.4) is 0 Å². The van der Waals surface area contributed by atoms with Gasteiger partial charge in [-0.3, -0.25) is 9.59 Å². The average molecular weight is 370 g/mol. The van der Waals surface area contributed by atoms with Crippen LogP contribution >= 0.6 is 11.8 Å². The van der Waals surface area contributed by atoms with Gasteiger partial charge in [0.25, 0.3) is 0 Å². The van der Waals surface area contributed by atoms with Gasteiger partial charge in [0.1, 0.15) is 12.4 Å². The highest BCUT2D eigenvalue weighted by molar-refractivity contribution is 8.03. The van der Waals surface area contributed by atoms with E-state index >= 15 is 0 Å². The van der Waals surface area contributed by atoms with Gasteiger partial charge in [-0.25, -0.2) is 4.39 Å². The van der Waals surface area contributed by atoms with Gasteiger partial charge >= 0.3 is 0 Å². The molecule has 1 aliphatic rings. The summed E-state index contributed by atoms with van der Waals surface area (Å²) in [4.78, 5) is 26.1. The summed E-state index contributed by atoms with van der Waals surface area (Å²) in [6.45, 7) is 0.426. The van der Waals surface area contributed by atoms with Gasteiger partial charge in [0.2, 0.25) is 11.8 Å². The summed E-state index contributed by atoms with van der Waals surface area (Å²) in [5.41, 5.74) is 2.61.